The number of nitrogens with one attached hydrogen (secondary N) is 2. The van der Waals surface area contributed by atoms with Crippen molar-refractivity contribution in [2.24, 2.45) is 0 Å². The first kappa shape index (κ1) is 15.2. The Balaban J connectivity index is 1.93. The van der Waals surface area contributed by atoms with Gasteiger partial charge in [-0.15, -0.1) is 0 Å². The number of fused-ring (bicyclic) bond motifs is 1. The number of hydrogen-bond acceptors (Lipinski definition) is 3. The van der Waals surface area contributed by atoms with Gasteiger partial charge < -0.3 is 19.8 Å². The number of anilines is 1. The summed E-state index contributed by atoms with van der Waals surface area (Å²) in [5.74, 6) is 0.919. The SMILES string of the molecule is COc1ccc(NC(=O)c2[nH]c3cc(Cl)ccc3c2OC)cc1. The molecule has 0 aliphatic carbocycles. The van der Waals surface area contributed by atoms with Gasteiger partial charge >= 0.3 is 0 Å². The van der Waals surface area contributed by atoms with Gasteiger partial charge in [-0.05, 0) is 42.5 Å². The minimum atomic E-state index is -0.292. The highest BCUT2D eigenvalue weighted by molar-refractivity contribution is 6.31. The van der Waals surface area contributed by atoms with Crippen molar-refractivity contribution in [3.63, 3.8) is 0 Å². The minimum Gasteiger partial charge on any atom is -0.497 e. The van der Waals surface area contributed by atoms with Gasteiger partial charge in [0, 0.05) is 16.1 Å². The third-order valence-electron chi connectivity index (χ3n) is 3.49. The predicted molar refractivity (Wildman–Crippen MR) is 90.8 cm³/mol. The fourth-order valence-electron chi connectivity index (χ4n) is 2.38. The Kier molecular flexibility index (Phi) is 4.12. The lowest BCUT2D eigenvalue weighted by Gasteiger charge is -2.07. The second-order valence-electron chi connectivity index (χ2n) is 4.91. The molecule has 5 nitrogen and oxygen atoms in total. The molecule has 2 N–H and O–H groups in total. The van der Waals surface area contributed by atoms with Crippen LogP contribution in [0.15, 0.2) is 42.5 Å². The number of rotatable bonds is 4. The second-order valence-corrected chi connectivity index (χ2v) is 5.34. The number of amides is 1. The van der Waals surface area contributed by atoms with Gasteiger partial charge in [-0.2, -0.15) is 0 Å². The molecule has 0 atom stereocenters. The van der Waals surface area contributed by atoms with Crippen LogP contribution >= 0.6 is 11.6 Å². The maximum Gasteiger partial charge on any atom is 0.275 e. The first-order chi connectivity index (χ1) is 11.1. The Morgan fingerprint density at radius 3 is 2.48 bits per heavy atom. The number of aromatic amines is 1. The number of halogens is 1. The number of aromatic nitrogens is 1. The third-order valence-corrected chi connectivity index (χ3v) is 3.73. The molecule has 3 aromatic rings. The zero-order chi connectivity index (χ0) is 16.4. The van der Waals surface area contributed by atoms with Crippen molar-refractivity contribution in [2.45, 2.75) is 0 Å². The lowest BCUT2D eigenvalue weighted by molar-refractivity contribution is 0.102. The predicted octanol–water partition coefficient (Wildman–Crippen LogP) is 4.09. The maximum absolute atomic E-state index is 12.5. The van der Waals surface area contributed by atoms with E-state index >= 15 is 0 Å². The van der Waals surface area contributed by atoms with Crippen LogP contribution in [-0.2, 0) is 0 Å². The Morgan fingerprint density at radius 1 is 1.09 bits per heavy atom. The maximum atomic E-state index is 12.5. The van der Waals surface area contributed by atoms with Crippen LogP contribution in [0.3, 0.4) is 0 Å². The van der Waals surface area contributed by atoms with Crippen molar-refractivity contribution in [2.75, 3.05) is 19.5 Å². The van der Waals surface area contributed by atoms with E-state index in [1.165, 1.54) is 7.11 Å². The Morgan fingerprint density at radius 2 is 1.83 bits per heavy atom. The molecule has 0 aliphatic rings. The van der Waals surface area contributed by atoms with E-state index in [9.17, 15) is 4.79 Å². The molecule has 0 aliphatic heterocycles. The highest BCUT2D eigenvalue weighted by Crippen LogP contribution is 2.32. The third kappa shape index (κ3) is 2.96. The second kappa shape index (κ2) is 6.22. The van der Waals surface area contributed by atoms with E-state index < -0.39 is 0 Å². The molecule has 0 saturated carbocycles. The van der Waals surface area contributed by atoms with Crippen molar-refractivity contribution in [1.82, 2.24) is 4.98 Å². The first-order valence-electron chi connectivity index (χ1n) is 6.93. The molecule has 2 aromatic carbocycles. The monoisotopic (exact) mass is 330 g/mol. The molecule has 1 amide bonds. The number of carbonyl (C=O) groups excluding carboxylic acids is 1. The fourth-order valence-corrected chi connectivity index (χ4v) is 2.56. The summed E-state index contributed by atoms with van der Waals surface area (Å²) < 4.78 is 10.5. The molecule has 6 heteroatoms. The zero-order valence-corrected chi connectivity index (χ0v) is 13.4. The van der Waals surface area contributed by atoms with E-state index in [0.29, 0.717) is 22.2 Å². The van der Waals surface area contributed by atoms with Gasteiger partial charge in [0.15, 0.2) is 5.75 Å². The van der Waals surface area contributed by atoms with Crippen LogP contribution in [0.2, 0.25) is 5.02 Å². The Labute approximate surface area is 138 Å². The lowest BCUT2D eigenvalue weighted by atomic mass is 10.2. The normalized spacial score (nSPS) is 10.6. The molecule has 118 valence electrons. The highest BCUT2D eigenvalue weighted by atomic mass is 35.5. The first-order valence-corrected chi connectivity index (χ1v) is 7.31. The number of carbonyl (C=O) groups is 1. The molecule has 0 spiro atoms. The summed E-state index contributed by atoms with van der Waals surface area (Å²) in [6.45, 7) is 0. The van der Waals surface area contributed by atoms with E-state index in [1.807, 2.05) is 6.07 Å². The van der Waals surface area contributed by atoms with Crippen LogP contribution < -0.4 is 14.8 Å². The standard InChI is InChI=1S/C17H15ClN2O3/c1-22-12-6-4-11(5-7-12)19-17(21)15-16(23-2)13-8-3-10(18)9-14(13)20-15/h3-9,20H,1-2H3,(H,19,21). The number of benzene rings is 2. The van der Waals surface area contributed by atoms with E-state index in [0.717, 1.165) is 16.7 Å². The zero-order valence-electron chi connectivity index (χ0n) is 12.6. The number of ether oxygens (including phenoxy) is 2. The summed E-state index contributed by atoms with van der Waals surface area (Å²) in [4.78, 5) is 15.6. The van der Waals surface area contributed by atoms with Gasteiger partial charge in [-0.1, -0.05) is 11.6 Å². The van der Waals surface area contributed by atoms with Crippen LogP contribution in [0, 0.1) is 0 Å². The quantitative estimate of drug-likeness (QED) is 0.757. The van der Waals surface area contributed by atoms with Gasteiger partial charge in [-0.3, -0.25) is 4.79 Å². The lowest BCUT2D eigenvalue weighted by Crippen LogP contribution is -2.13. The van der Waals surface area contributed by atoms with E-state index in [1.54, 1.807) is 43.5 Å². The van der Waals surface area contributed by atoms with Crippen molar-refractivity contribution in [3.05, 3.63) is 53.2 Å². The molecule has 0 radical (unpaired) electrons. The Bertz CT molecular complexity index is 856. The molecular weight excluding hydrogens is 316 g/mol. The van der Waals surface area contributed by atoms with E-state index in [4.69, 9.17) is 21.1 Å². The molecule has 1 aromatic heterocycles. The van der Waals surface area contributed by atoms with Crippen molar-refractivity contribution >= 4 is 34.1 Å². The van der Waals surface area contributed by atoms with Crippen molar-refractivity contribution in [1.29, 1.82) is 0 Å². The summed E-state index contributed by atoms with van der Waals surface area (Å²) in [5, 5.41) is 4.21. The fraction of sp³-hybridized carbons (Fsp3) is 0.118. The summed E-state index contributed by atoms with van der Waals surface area (Å²) in [5.41, 5.74) is 1.75. The van der Waals surface area contributed by atoms with Crippen molar-refractivity contribution < 1.29 is 14.3 Å². The van der Waals surface area contributed by atoms with Gasteiger partial charge in [0.05, 0.1) is 19.7 Å². The number of hydrogen-bond donors (Lipinski definition) is 2. The molecular formula is C17H15ClN2O3. The van der Waals surface area contributed by atoms with Gasteiger partial charge in [-0.25, -0.2) is 0 Å². The molecule has 23 heavy (non-hydrogen) atoms. The average molecular weight is 331 g/mol. The van der Waals surface area contributed by atoms with Gasteiger partial charge in [0.2, 0.25) is 0 Å². The van der Waals surface area contributed by atoms with Gasteiger partial charge in [0.25, 0.3) is 5.91 Å². The smallest absolute Gasteiger partial charge is 0.275 e. The highest BCUT2D eigenvalue weighted by Gasteiger charge is 2.19. The molecule has 0 bridgehead atoms. The van der Waals surface area contributed by atoms with Crippen LogP contribution in [-0.4, -0.2) is 25.1 Å². The summed E-state index contributed by atoms with van der Waals surface area (Å²) >= 11 is 5.99. The average Bonchev–Trinajstić information content (AvgIpc) is 2.93. The van der Waals surface area contributed by atoms with E-state index in [-0.39, 0.29) is 5.91 Å². The molecule has 0 saturated heterocycles. The van der Waals surface area contributed by atoms with Crippen LogP contribution in [0.1, 0.15) is 10.5 Å². The van der Waals surface area contributed by atoms with E-state index in [2.05, 4.69) is 10.3 Å². The van der Waals surface area contributed by atoms with Crippen LogP contribution in [0.25, 0.3) is 10.9 Å². The molecule has 3 rings (SSSR count). The molecule has 1 heterocycles. The molecule has 0 fully saturated rings. The summed E-state index contributed by atoms with van der Waals surface area (Å²) in [6.07, 6.45) is 0. The van der Waals surface area contributed by atoms with Crippen molar-refractivity contribution in [3.8, 4) is 11.5 Å². The Hall–Kier alpha value is -2.66. The number of methoxy groups -OCH3 is 2. The molecule has 0 unspecified atom stereocenters. The van der Waals surface area contributed by atoms with Crippen LogP contribution in [0.4, 0.5) is 5.69 Å². The van der Waals surface area contributed by atoms with Gasteiger partial charge in [0.1, 0.15) is 11.4 Å². The largest absolute Gasteiger partial charge is 0.497 e. The summed E-state index contributed by atoms with van der Waals surface area (Å²) in [6, 6.07) is 12.4. The minimum absolute atomic E-state index is 0.292. The van der Waals surface area contributed by atoms with Crippen LogP contribution in [0.5, 0.6) is 11.5 Å². The number of H-pyrrole nitrogens is 1. The topological polar surface area (TPSA) is 63.3 Å². The summed E-state index contributed by atoms with van der Waals surface area (Å²) in [7, 11) is 3.12.